The first kappa shape index (κ1) is 23.6. The van der Waals surface area contributed by atoms with Crippen LogP contribution in [0.2, 0.25) is 5.02 Å². The SMILES string of the molecule is Cc1cc(C(=O)N2Cc3cnn(C)c3Nc3cc(Cl)ccc32)ccc1C(O)(C(N)=O)c1ccccc1. The molecule has 3 aromatic carbocycles. The van der Waals surface area contributed by atoms with Crippen LogP contribution in [0.25, 0.3) is 0 Å². The van der Waals surface area contributed by atoms with Crippen LogP contribution < -0.4 is 16.0 Å². The fourth-order valence-corrected chi connectivity index (χ4v) is 4.81. The van der Waals surface area contributed by atoms with Crippen LogP contribution >= 0.6 is 11.6 Å². The Balaban J connectivity index is 1.57. The maximum absolute atomic E-state index is 13.8. The molecule has 5 rings (SSSR count). The first-order valence-electron chi connectivity index (χ1n) is 11.3. The standard InChI is InChI=1S/C27H24ClN5O3/c1-16-12-17(8-10-21(16)27(36,26(29)35)19-6-4-3-5-7-19)25(34)33-15-18-14-30-32(2)24(18)31-22-13-20(28)9-11-23(22)33/h3-14,31,36H,15H2,1-2H3,(H2,29,35). The number of nitrogens with one attached hydrogen (secondary N) is 1. The minimum Gasteiger partial charge on any atom is -0.372 e. The summed E-state index contributed by atoms with van der Waals surface area (Å²) < 4.78 is 1.71. The van der Waals surface area contributed by atoms with E-state index >= 15 is 0 Å². The number of aromatic nitrogens is 2. The van der Waals surface area contributed by atoms with E-state index in [2.05, 4.69) is 10.4 Å². The number of aryl methyl sites for hydroxylation is 2. The Morgan fingerprint density at radius 1 is 1.11 bits per heavy atom. The summed E-state index contributed by atoms with van der Waals surface area (Å²) in [6.07, 6.45) is 1.72. The zero-order chi connectivity index (χ0) is 25.6. The Hall–Kier alpha value is -4.14. The smallest absolute Gasteiger partial charge is 0.258 e. The predicted molar refractivity (Wildman–Crippen MR) is 138 cm³/mol. The molecule has 0 spiro atoms. The second-order valence-electron chi connectivity index (χ2n) is 8.79. The van der Waals surface area contributed by atoms with E-state index in [1.165, 1.54) is 0 Å². The average Bonchev–Trinajstić information content (AvgIpc) is 3.11. The number of rotatable bonds is 4. The molecule has 9 heteroatoms. The third-order valence-corrected chi connectivity index (χ3v) is 6.74. The van der Waals surface area contributed by atoms with Crippen molar-refractivity contribution in [2.75, 3.05) is 10.2 Å². The van der Waals surface area contributed by atoms with Crippen molar-refractivity contribution in [3.8, 4) is 0 Å². The van der Waals surface area contributed by atoms with E-state index in [0.717, 1.165) is 11.4 Å². The summed E-state index contributed by atoms with van der Waals surface area (Å²) in [5.41, 5.74) is 7.43. The summed E-state index contributed by atoms with van der Waals surface area (Å²) in [4.78, 5) is 27.9. The summed E-state index contributed by atoms with van der Waals surface area (Å²) in [7, 11) is 1.82. The van der Waals surface area contributed by atoms with E-state index in [1.807, 2.05) is 7.05 Å². The zero-order valence-corrected chi connectivity index (χ0v) is 20.5. The maximum Gasteiger partial charge on any atom is 0.258 e. The van der Waals surface area contributed by atoms with Gasteiger partial charge in [0.25, 0.3) is 11.8 Å². The van der Waals surface area contributed by atoms with E-state index in [4.69, 9.17) is 17.3 Å². The minimum absolute atomic E-state index is 0.256. The summed E-state index contributed by atoms with van der Waals surface area (Å²) in [6.45, 7) is 2.03. The molecule has 1 aliphatic heterocycles. The molecule has 2 amide bonds. The molecular weight excluding hydrogens is 478 g/mol. The topological polar surface area (TPSA) is 113 Å². The van der Waals surface area contributed by atoms with E-state index in [9.17, 15) is 14.7 Å². The van der Waals surface area contributed by atoms with Crippen molar-refractivity contribution in [3.05, 3.63) is 106 Å². The zero-order valence-electron chi connectivity index (χ0n) is 19.7. The average molecular weight is 502 g/mol. The van der Waals surface area contributed by atoms with Crippen molar-refractivity contribution in [1.29, 1.82) is 0 Å². The molecule has 4 N–H and O–H groups in total. The van der Waals surface area contributed by atoms with Crippen LogP contribution in [0.4, 0.5) is 17.2 Å². The Labute approximate surface area is 212 Å². The third-order valence-electron chi connectivity index (χ3n) is 6.50. The number of nitrogens with two attached hydrogens (primary N) is 1. The van der Waals surface area contributed by atoms with Gasteiger partial charge in [0.2, 0.25) is 0 Å². The normalized spacial score (nSPS) is 14.2. The molecule has 1 atom stereocenters. The Morgan fingerprint density at radius 2 is 1.86 bits per heavy atom. The van der Waals surface area contributed by atoms with Crippen molar-refractivity contribution < 1.29 is 14.7 Å². The van der Waals surface area contributed by atoms with Crippen LogP contribution in [0, 0.1) is 6.92 Å². The van der Waals surface area contributed by atoms with E-state index < -0.39 is 11.5 Å². The lowest BCUT2D eigenvalue weighted by atomic mass is 9.82. The van der Waals surface area contributed by atoms with Crippen LogP contribution in [0.3, 0.4) is 0 Å². The van der Waals surface area contributed by atoms with Gasteiger partial charge in [-0.2, -0.15) is 5.10 Å². The first-order valence-corrected chi connectivity index (χ1v) is 11.7. The van der Waals surface area contributed by atoms with Gasteiger partial charge in [0, 0.05) is 28.8 Å². The van der Waals surface area contributed by atoms with Crippen molar-refractivity contribution in [1.82, 2.24) is 9.78 Å². The van der Waals surface area contributed by atoms with Gasteiger partial charge in [0.1, 0.15) is 5.82 Å². The van der Waals surface area contributed by atoms with Crippen LogP contribution in [0.1, 0.15) is 32.6 Å². The molecule has 0 aliphatic carbocycles. The van der Waals surface area contributed by atoms with E-state index in [0.29, 0.717) is 45.2 Å². The van der Waals surface area contributed by atoms with Crippen LogP contribution in [-0.2, 0) is 24.0 Å². The van der Waals surface area contributed by atoms with Crippen molar-refractivity contribution in [2.24, 2.45) is 12.8 Å². The molecule has 0 radical (unpaired) electrons. The number of nitrogens with zero attached hydrogens (tertiary/aromatic N) is 3. The van der Waals surface area contributed by atoms with E-state index in [1.54, 1.807) is 89.4 Å². The number of amides is 2. The second kappa shape index (κ2) is 8.82. The lowest BCUT2D eigenvalue weighted by molar-refractivity contribution is -0.133. The fourth-order valence-electron chi connectivity index (χ4n) is 4.64. The monoisotopic (exact) mass is 501 g/mol. The van der Waals surface area contributed by atoms with Crippen molar-refractivity contribution in [3.63, 3.8) is 0 Å². The van der Waals surface area contributed by atoms with Gasteiger partial charge in [-0.15, -0.1) is 0 Å². The van der Waals surface area contributed by atoms with Crippen molar-refractivity contribution in [2.45, 2.75) is 19.1 Å². The minimum atomic E-state index is -2.03. The number of aliphatic hydroxyl groups is 1. The number of carbonyl (C=O) groups excluding carboxylic acids is 2. The number of anilines is 3. The lowest BCUT2D eigenvalue weighted by Crippen LogP contribution is -2.42. The molecule has 1 unspecified atom stereocenters. The van der Waals surface area contributed by atoms with Gasteiger partial charge in [-0.1, -0.05) is 48.0 Å². The highest BCUT2D eigenvalue weighted by Crippen LogP contribution is 2.38. The lowest BCUT2D eigenvalue weighted by Gasteiger charge is -2.28. The molecule has 0 fully saturated rings. The van der Waals surface area contributed by atoms with Crippen LogP contribution in [0.15, 0.2) is 72.9 Å². The first-order chi connectivity index (χ1) is 17.2. The van der Waals surface area contributed by atoms with Gasteiger partial charge in [0.05, 0.1) is 24.1 Å². The molecule has 1 aromatic heterocycles. The number of fused-ring (bicyclic) bond motifs is 2. The highest BCUT2D eigenvalue weighted by molar-refractivity contribution is 6.31. The van der Waals surface area contributed by atoms with Crippen LogP contribution in [0.5, 0.6) is 0 Å². The quantitative estimate of drug-likeness (QED) is 0.391. The van der Waals surface area contributed by atoms with Gasteiger partial charge in [-0.05, 0) is 48.4 Å². The fraction of sp³-hybridized carbons (Fsp3) is 0.148. The molecule has 0 saturated carbocycles. The molecule has 8 nitrogen and oxygen atoms in total. The summed E-state index contributed by atoms with van der Waals surface area (Å²) >= 11 is 6.24. The molecule has 0 bridgehead atoms. The van der Waals surface area contributed by atoms with Gasteiger partial charge >= 0.3 is 0 Å². The second-order valence-corrected chi connectivity index (χ2v) is 9.23. The molecule has 182 valence electrons. The van der Waals surface area contributed by atoms with Gasteiger partial charge in [0.15, 0.2) is 5.60 Å². The van der Waals surface area contributed by atoms with E-state index in [-0.39, 0.29) is 5.91 Å². The van der Waals surface area contributed by atoms with Crippen molar-refractivity contribution >= 4 is 40.6 Å². The Bertz CT molecular complexity index is 1500. The Kier molecular flexibility index (Phi) is 5.78. The molecule has 36 heavy (non-hydrogen) atoms. The number of primary amides is 1. The summed E-state index contributed by atoms with van der Waals surface area (Å²) in [5, 5.41) is 19.6. The predicted octanol–water partition coefficient (Wildman–Crippen LogP) is 4.01. The Morgan fingerprint density at radius 3 is 2.56 bits per heavy atom. The highest BCUT2D eigenvalue weighted by Gasteiger charge is 2.39. The maximum atomic E-state index is 13.8. The highest BCUT2D eigenvalue weighted by atomic mass is 35.5. The number of hydrogen-bond donors (Lipinski definition) is 3. The summed E-state index contributed by atoms with van der Waals surface area (Å²) in [5.74, 6) is -0.381. The van der Waals surface area contributed by atoms with Crippen LogP contribution in [-0.4, -0.2) is 26.7 Å². The van der Waals surface area contributed by atoms with Gasteiger partial charge in [-0.25, -0.2) is 0 Å². The number of hydrogen-bond acceptors (Lipinski definition) is 5. The molecular formula is C27H24ClN5O3. The molecule has 2 heterocycles. The number of carbonyl (C=O) groups is 2. The molecule has 1 aliphatic rings. The summed E-state index contributed by atoms with van der Waals surface area (Å²) in [6, 6.07) is 18.6. The number of benzene rings is 3. The molecule has 0 saturated heterocycles. The number of halogens is 1. The van der Waals surface area contributed by atoms with Gasteiger partial charge in [-0.3, -0.25) is 14.3 Å². The molecule has 4 aromatic rings. The van der Waals surface area contributed by atoms with Gasteiger partial charge < -0.3 is 21.1 Å². The third kappa shape index (κ3) is 3.80. The largest absolute Gasteiger partial charge is 0.372 e.